The number of carbonyl (C=O) groups is 1. The van der Waals surface area contributed by atoms with Gasteiger partial charge in [-0.3, -0.25) is 9.89 Å². The van der Waals surface area contributed by atoms with E-state index < -0.39 is 0 Å². The number of aromatic nitrogens is 2. The second-order valence-corrected chi connectivity index (χ2v) is 6.36. The number of amides is 1. The predicted molar refractivity (Wildman–Crippen MR) is 81.7 cm³/mol. The smallest absolute Gasteiger partial charge is 0.223 e. The fourth-order valence-corrected chi connectivity index (χ4v) is 3.66. The highest BCUT2D eigenvalue weighted by molar-refractivity contribution is 5.76. The summed E-state index contributed by atoms with van der Waals surface area (Å²) < 4.78 is 0. The van der Waals surface area contributed by atoms with E-state index >= 15 is 0 Å². The van der Waals surface area contributed by atoms with Gasteiger partial charge < -0.3 is 10.2 Å². The molecule has 1 amide bonds. The number of piperidine rings is 2. The quantitative estimate of drug-likeness (QED) is 0.894. The number of aromatic amines is 1. The average Bonchev–Trinajstić information content (AvgIpc) is 3.08. The third kappa shape index (κ3) is 3.64. The van der Waals surface area contributed by atoms with Gasteiger partial charge in [0, 0.05) is 24.7 Å². The molecule has 0 aromatic carbocycles. The molecule has 1 aromatic heterocycles. The molecule has 2 aliphatic rings. The van der Waals surface area contributed by atoms with Crippen molar-refractivity contribution in [2.45, 2.75) is 51.0 Å². The minimum atomic E-state index is 0.234. The SMILES string of the molecule is O=C(CCC1CCNCC1)N1CCCCC1c1cn[nH]c1. The average molecular weight is 290 g/mol. The summed E-state index contributed by atoms with van der Waals surface area (Å²) in [6.45, 7) is 3.13. The van der Waals surface area contributed by atoms with E-state index in [0.29, 0.717) is 12.3 Å². The Hall–Kier alpha value is -1.36. The lowest BCUT2D eigenvalue weighted by Crippen LogP contribution is -2.38. The Balaban J connectivity index is 1.56. The summed E-state index contributed by atoms with van der Waals surface area (Å²) in [5.74, 6) is 1.06. The largest absolute Gasteiger partial charge is 0.336 e. The molecule has 0 aliphatic carbocycles. The fraction of sp³-hybridized carbons (Fsp3) is 0.750. The molecule has 1 aromatic rings. The summed E-state index contributed by atoms with van der Waals surface area (Å²) >= 11 is 0. The Kier molecular flexibility index (Phi) is 4.91. The van der Waals surface area contributed by atoms with Gasteiger partial charge in [-0.15, -0.1) is 0 Å². The molecule has 0 saturated carbocycles. The number of hydrogen-bond donors (Lipinski definition) is 2. The monoisotopic (exact) mass is 290 g/mol. The summed E-state index contributed by atoms with van der Waals surface area (Å²) in [6, 6.07) is 0.234. The van der Waals surface area contributed by atoms with E-state index in [0.717, 1.165) is 50.4 Å². The number of hydrogen-bond acceptors (Lipinski definition) is 3. The van der Waals surface area contributed by atoms with Gasteiger partial charge in [-0.05, 0) is 57.5 Å². The van der Waals surface area contributed by atoms with Crippen LogP contribution in [0.1, 0.15) is 56.6 Å². The van der Waals surface area contributed by atoms with Crippen LogP contribution in [0.5, 0.6) is 0 Å². The van der Waals surface area contributed by atoms with E-state index in [4.69, 9.17) is 0 Å². The fourth-order valence-electron chi connectivity index (χ4n) is 3.66. The van der Waals surface area contributed by atoms with E-state index in [-0.39, 0.29) is 6.04 Å². The van der Waals surface area contributed by atoms with Crippen molar-refractivity contribution < 1.29 is 4.79 Å². The van der Waals surface area contributed by atoms with Gasteiger partial charge in [0.25, 0.3) is 0 Å². The zero-order valence-corrected chi connectivity index (χ0v) is 12.7. The molecule has 5 heteroatoms. The van der Waals surface area contributed by atoms with Crippen LogP contribution < -0.4 is 5.32 Å². The Morgan fingerprint density at radius 3 is 2.90 bits per heavy atom. The standard InChI is InChI=1S/C16H26N4O/c21-16(5-4-13-6-8-17-9-7-13)20-10-2-1-3-15(20)14-11-18-19-12-14/h11-13,15,17H,1-10H2,(H,18,19). The lowest BCUT2D eigenvalue weighted by Gasteiger charge is -2.36. The minimum Gasteiger partial charge on any atom is -0.336 e. The van der Waals surface area contributed by atoms with E-state index in [1.807, 2.05) is 12.4 Å². The molecule has 2 aliphatic heterocycles. The molecule has 116 valence electrons. The summed E-state index contributed by atoms with van der Waals surface area (Å²) in [6.07, 6.45) is 11.4. The molecule has 3 rings (SSSR count). The number of H-pyrrole nitrogens is 1. The lowest BCUT2D eigenvalue weighted by molar-refractivity contribution is -0.135. The van der Waals surface area contributed by atoms with E-state index in [1.165, 1.54) is 19.3 Å². The summed E-state index contributed by atoms with van der Waals surface area (Å²) in [4.78, 5) is 14.7. The van der Waals surface area contributed by atoms with Gasteiger partial charge in [-0.1, -0.05) is 0 Å². The topological polar surface area (TPSA) is 61.0 Å². The van der Waals surface area contributed by atoms with Crippen molar-refractivity contribution in [3.05, 3.63) is 18.0 Å². The molecule has 5 nitrogen and oxygen atoms in total. The Morgan fingerprint density at radius 2 is 2.14 bits per heavy atom. The van der Waals surface area contributed by atoms with Gasteiger partial charge in [-0.2, -0.15) is 5.10 Å². The van der Waals surface area contributed by atoms with Crippen LogP contribution >= 0.6 is 0 Å². The van der Waals surface area contributed by atoms with Crippen LogP contribution in [0.2, 0.25) is 0 Å². The van der Waals surface area contributed by atoms with E-state index in [9.17, 15) is 4.79 Å². The molecule has 2 saturated heterocycles. The van der Waals surface area contributed by atoms with Crippen molar-refractivity contribution in [3.8, 4) is 0 Å². The van der Waals surface area contributed by atoms with Crippen LogP contribution in [-0.4, -0.2) is 40.6 Å². The Bertz CT molecular complexity index is 439. The van der Waals surface area contributed by atoms with Crippen LogP contribution in [0.15, 0.2) is 12.4 Å². The summed E-state index contributed by atoms with van der Waals surface area (Å²) in [5, 5.41) is 10.3. The first-order chi connectivity index (χ1) is 10.3. The second-order valence-electron chi connectivity index (χ2n) is 6.36. The molecule has 0 radical (unpaired) electrons. The first-order valence-corrected chi connectivity index (χ1v) is 8.33. The third-order valence-corrected chi connectivity index (χ3v) is 4.95. The van der Waals surface area contributed by atoms with Gasteiger partial charge in [0.1, 0.15) is 0 Å². The van der Waals surface area contributed by atoms with Crippen LogP contribution in [0.25, 0.3) is 0 Å². The maximum absolute atomic E-state index is 12.6. The molecule has 0 bridgehead atoms. The molecule has 3 heterocycles. The molecule has 1 atom stereocenters. The third-order valence-electron chi connectivity index (χ3n) is 4.95. The van der Waals surface area contributed by atoms with Crippen LogP contribution in [-0.2, 0) is 4.79 Å². The molecular formula is C16H26N4O. The van der Waals surface area contributed by atoms with Crippen molar-refractivity contribution in [1.29, 1.82) is 0 Å². The van der Waals surface area contributed by atoms with Crippen molar-refractivity contribution in [1.82, 2.24) is 20.4 Å². The molecule has 1 unspecified atom stereocenters. The maximum Gasteiger partial charge on any atom is 0.223 e. The maximum atomic E-state index is 12.6. The van der Waals surface area contributed by atoms with E-state index in [2.05, 4.69) is 20.4 Å². The van der Waals surface area contributed by atoms with Crippen LogP contribution in [0.4, 0.5) is 0 Å². The number of likely N-dealkylation sites (tertiary alicyclic amines) is 1. The molecule has 2 fully saturated rings. The molecule has 21 heavy (non-hydrogen) atoms. The van der Waals surface area contributed by atoms with Crippen molar-refractivity contribution in [3.63, 3.8) is 0 Å². The second kappa shape index (κ2) is 7.07. The number of nitrogens with zero attached hydrogens (tertiary/aromatic N) is 2. The van der Waals surface area contributed by atoms with Crippen molar-refractivity contribution >= 4 is 5.91 Å². The minimum absolute atomic E-state index is 0.234. The van der Waals surface area contributed by atoms with Gasteiger partial charge in [-0.25, -0.2) is 0 Å². The predicted octanol–water partition coefficient (Wildman–Crippen LogP) is 2.24. The molecule has 2 N–H and O–H groups in total. The zero-order chi connectivity index (χ0) is 14.5. The number of nitrogens with one attached hydrogen (secondary N) is 2. The van der Waals surface area contributed by atoms with Crippen molar-refractivity contribution in [2.75, 3.05) is 19.6 Å². The normalized spacial score (nSPS) is 24.2. The van der Waals surface area contributed by atoms with Gasteiger partial charge in [0.2, 0.25) is 5.91 Å². The first-order valence-electron chi connectivity index (χ1n) is 8.33. The Labute approximate surface area is 126 Å². The lowest BCUT2D eigenvalue weighted by atomic mass is 9.92. The zero-order valence-electron chi connectivity index (χ0n) is 12.7. The van der Waals surface area contributed by atoms with Crippen molar-refractivity contribution in [2.24, 2.45) is 5.92 Å². The highest BCUT2D eigenvalue weighted by Crippen LogP contribution is 2.31. The number of carbonyl (C=O) groups excluding carboxylic acids is 1. The van der Waals surface area contributed by atoms with E-state index in [1.54, 1.807) is 0 Å². The van der Waals surface area contributed by atoms with Gasteiger partial charge in [0.05, 0.1) is 12.2 Å². The summed E-state index contributed by atoms with van der Waals surface area (Å²) in [7, 11) is 0. The molecular weight excluding hydrogens is 264 g/mol. The van der Waals surface area contributed by atoms with Crippen LogP contribution in [0, 0.1) is 5.92 Å². The number of rotatable bonds is 4. The first kappa shape index (κ1) is 14.6. The Morgan fingerprint density at radius 1 is 1.29 bits per heavy atom. The van der Waals surface area contributed by atoms with Gasteiger partial charge >= 0.3 is 0 Å². The van der Waals surface area contributed by atoms with Crippen LogP contribution in [0.3, 0.4) is 0 Å². The molecule has 0 spiro atoms. The highest BCUT2D eigenvalue weighted by atomic mass is 16.2. The van der Waals surface area contributed by atoms with Gasteiger partial charge in [0.15, 0.2) is 0 Å². The highest BCUT2D eigenvalue weighted by Gasteiger charge is 2.28. The summed E-state index contributed by atoms with van der Waals surface area (Å²) in [5.41, 5.74) is 1.16.